The summed E-state index contributed by atoms with van der Waals surface area (Å²) in [6, 6.07) is 15.1. The number of nitrogens with one attached hydrogen (secondary N) is 2. The van der Waals surface area contributed by atoms with Crippen LogP contribution in [0.2, 0.25) is 0 Å². The molecule has 2 amide bonds. The first kappa shape index (κ1) is 24.2. The Labute approximate surface area is 200 Å². The number of carbonyl (C=O) groups is 3. The summed E-state index contributed by atoms with van der Waals surface area (Å²) in [4.78, 5) is 40.5. The smallest absolute Gasteiger partial charge is 0.328 e. The van der Waals surface area contributed by atoms with Crippen molar-refractivity contribution in [2.45, 2.75) is 30.4 Å². The van der Waals surface area contributed by atoms with E-state index in [0.717, 1.165) is 28.3 Å². The fourth-order valence-corrected chi connectivity index (χ4v) is 4.57. The van der Waals surface area contributed by atoms with Gasteiger partial charge < -0.3 is 15.7 Å². The van der Waals surface area contributed by atoms with Crippen molar-refractivity contribution < 1.29 is 19.5 Å². The monoisotopic (exact) mass is 481 g/mol. The number of thioether (sulfide) groups is 1. The molecule has 1 unspecified atom stereocenters. The van der Waals surface area contributed by atoms with E-state index in [-0.39, 0.29) is 11.2 Å². The third-order valence-electron chi connectivity index (χ3n) is 4.50. The highest BCUT2D eigenvalue weighted by Crippen LogP contribution is 2.30. The van der Waals surface area contributed by atoms with Gasteiger partial charge in [0, 0.05) is 33.7 Å². The molecular formula is C24H23N3O4S2. The highest BCUT2D eigenvalue weighted by molar-refractivity contribution is 8.00. The maximum Gasteiger partial charge on any atom is 0.328 e. The molecule has 1 aromatic heterocycles. The lowest BCUT2D eigenvalue weighted by Crippen LogP contribution is -2.24. The summed E-state index contributed by atoms with van der Waals surface area (Å²) in [5, 5.41) is 16.2. The van der Waals surface area contributed by atoms with Gasteiger partial charge in [0.2, 0.25) is 11.8 Å². The molecule has 9 heteroatoms. The molecule has 170 valence electrons. The van der Waals surface area contributed by atoms with Crippen LogP contribution in [0.15, 0.2) is 71.0 Å². The van der Waals surface area contributed by atoms with Crippen molar-refractivity contribution >= 4 is 51.7 Å². The molecule has 0 aliphatic rings. The van der Waals surface area contributed by atoms with Crippen LogP contribution in [-0.4, -0.2) is 33.1 Å². The summed E-state index contributed by atoms with van der Waals surface area (Å²) in [6.07, 6.45) is 2.32. The number of hydrogen-bond acceptors (Lipinski definition) is 6. The minimum Gasteiger partial charge on any atom is -0.478 e. The third kappa shape index (κ3) is 7.30. The minimum absolute atomic E-state index is 0.147. The van der Waals surface area contributed by atoms with Gasteiger partial charge in [-0.25, -0.2) is 9.78 Å². The lowest BCUT2D eigenvalue weighted by Gasteiger charge is -2.14. The van der Waals surface area contributed by atoms with Crippen molar-refractivity contribution in [3.63, 3.8) is 0 Å². The van der Waals surface area contributed by atoms with Crippen molar-refractivity contribution in [3.8, 4) is 11.3 Å². The van der Waals surface area contributed by atoms with Crippen molar-refractivity contribution in [1.82, 2.24) is 4.98 Å². The fourth-order valence-electron chi connectivity index (χ4n) is 2.84. The predicted octanol–water partition coefficient (Wildman–Crippen LogP) is 5.21. The minimum atomic E-state index is -1.20. The molecule has 3 rings (SSSR count). The predicted molar refractivity (Wildman–Crippen MR) is 133 cm³/mol. The van der Waals surface area contributed by atoms with Gasteiger partial charge in [0.1, 0.15) is 0 Å². The van der Waals surface area contributed by atoms with Crippen LogP contribution in [0.3, 0.4) is 0 Å². The van der Waals surface area contributed by atoms with Crippen molar-refractivity contribution in [2.24, 2.45) is 0 Å². The molecule has 7 nitrogen and oxygen atoms in total. The number of rotatable bonds is 9. The summed E-state index contributed by atoms with van der Waals surface area (Å²) in [7, 11) is 0. The van der Waals surface area contributed by atoms with Crippen molar-refractivity contribution in [2.75, 3.05) is 10.6 Å². The molecule has 0 radical (unpaired) electrons. The standard InChI is InChI=1S/C24H23N3O4S2/c1-3-20(33-18-6-4-5-17(13-18)25-21(28)11-12-22(29)30)23(31)27-24-26-19(14-32-24)16-9-7-15(2)8-10-16/h4-14,20H,3H2,1-2H3,(H,25,28)(H,29,30)(H,26,27,31)/b12-11+. The zero-order chi connectivity index (χ0) is 23.8. The van der Waals surface area contributed by atoms with E-state index < -0.39 is 11.9 Å². The van der Waals surface area contributed by atoms with Crippen LogP contribution in [-0.2, 0) is 14.4 Å². The van der Waals surface area contributed by atoms with Crippen LogP contribution >= 0.6 is 23.1 Å². The molecule has 33 heavy (non-hydrogen) atoms. The van der Waals surface area contributed by atoms with Crippen LogP contribution in [0.1, 0.15) is 18.9 Å². The van der Waals surface area contributed by atoms with Gasteiger partial charge in [-0.1, -0.05) is 42.8 Å². The largest absolute Gasteiger partial charge is 0.478 e. The van der Waals surface area contributed by atoms with Crippen molar-refractivity contribution in [3.05, 3.63) is 71.6 Å². The van der Waals surface area contributed by atoms with E-state index in [1.165, 1.54) is 28.7 Å². The van der Waals surface area contributed by atoms with E-state index in [1.54, 1.807) is 18.2 Å². The second-order valence-corrected chi connectivity index (χ2v) is 9.23. The number of thiazole rings is 1. The lowest BCUT2D eigenvalue weighted by atomic mass is 10.1. The topological polar surface area (TPSA) is 108 Å². The van der Waals surface area contributed by atoms with E-state index in [2.05, 4.69) is 15.6 Å². The van der Waals surface area contributed by atoms with Crippen LogP contribution in [0, 0.1) is 6.92 Å². The molecule has 0 fully saturated rings. The summed E-state index contributed by atoms with van der Waals surface area (Å²) >= 11 is 2.76. The van der Waals surface area contributed by atoms with Gasteiger partial charge in [0.15, 0.2) is 5.13 Å². The molecule has 0 saturated heterocycles. The van der Waals surface area contributed by atoms with E-state index in [9.17, 15) is 14.4 Å². The Morgan fingerprint density at radius 2 is 1.88 bits per heavy atom. The molecule has 1 heterocycles. The second-order valence-electron chi connectivity index (χ2n) is 7.10. The van der Waals surface area contributed by atoms with Gasteiger partial charge in [0.25, 0.3) is 0 Å². The number of carbonyl (C=O) groups excluding carboxylic acids is 2. The Morgan fingerprint density at radius 1 is 1.12 bits per heavy atom. The Balaban J connectivity index is 1.63. The molecule has 2 aromatic carbocycles. The van der Waals surface area contributed by atoms with Crippen LogP contribution in [0.5, 0.6) is 0 Å². The zero-order valence-electron chi connectivity index (χ0n) is 18.1. The average Bonchev–Trinajstić information content (AvgIpc) is 3.25. The Bertz CT molecular complexity index is 1170. The van der Waals surface area contributed by atoms with E-state index in [0.29, 0.717) is 17.2 Å². The quantitative estimate of drug-likeness (QED) is 0.286. The molecule has 0 saturated carbocycles. The Hall–Kier alpha value is -3.43. The molecular weight excluding hydrogens is 458 g/mol. The maximum absolute atomic E-state index is 12.9. The summed E-state index contributed by atoms with van der Waals surface area (Å²) in [6.45, 7) is 3.96. The number of amides is 2. The number of aliphatic carboxylic acids is 1. The van der Waals surface area contributed by atoms with Crippen LogP contribution in [0.25, 0.3) is 11.3 Å². The fraction of sp³-hybridized carbons (Fsp3) is 0.167. The number of aryl methyl sites for hydroxylation is 1. The Morgan fingerprint density at radius 3 is 2.58 bits per heavy atom. The highest BCUT2D eigenvalue weighted by atomic mass is 32.2. The number of aromatic nitrogens is 1. The van der Waals surface area contributed by atoms with E-state index in [4.69, 9.17) is 5.11 Å². The van der Waals surface area contributed by atoms with Gasteiger partial charge in [-0.2, -0.15) is 0 Å². The van der Waals surface area contributed by atoms with E-state index >= 15 is 0 Å². The summed E-state index contributed by atoms with van der Waals surface area (Å²) < 4.78 is 0. The van der Waals surface area contributed by atoms with Crippen LogP contribution < -0.4 is 10.6 Å². The molecule has 0 aliphatic heterocycles. The molecule has 0 bridgehead atoms. The van der Waals surface area contributed by atoms with Crippen LogP contribution in [0.4, 0.5) is 10.8 Å². The highest BCUT2D eigenvalue weighted by Gasteiger charge is 2.19. The number of benzene rings is 2. The molecule has 0 aliphatic carbocycles. The zero-order valence-corrected chi connectivity index (χ0v) is 19.7. The number of nitrogens with zero attached hydrogens (tertiary/aromatic N) is 1. The first-order valence-corrected chi connectivity index (χ1v) is 11.9. The van der Waals surface area contributed by atoms with E-state index in [1.807, 2.05) is 49.6 Å². The Kier molecular flexibility index (Phi) is 8.39. The normalized spacial score (nSPS) is 11.8. The number of anilines is 2. The second kappa shape index (κ2) is 11.4. The van der Waals surface area contributed by atoms with Gasteiger partial charge in [-0.3, -0.25) is 9.59 Å². The van der Waals surface area contributed by atoms with Gasteiger partial charge >= 0.3 is 5.97 Å². The average molecular weight is 482 g/mol. The molecule has 3 N–H and O–H groups in total. The third-order valence-corrected chi connectivity index (χ3v) is 6.62. The van der Waals surface area contributed by atoms with Gasteiger partial charge in [-0.15, -0.1) is 23.1 Å². The van der Waals surface area contributed by atoms with Gasteiger partial charge in [-0.05, 0) is 31.5 Å². The number of carboxylic acid groups (broad SMARTS) is 1. The number of hydrogen-bond donors (Lipinski definition) is 3. The van der Waals surface area contributed by atoms with Crippen molar-refractivity contribution in [1.29, 1.82) is 0 Å². The SMILES string of the molecule is CCC(Sc1cccc(NC(=O)/C=C/C(=O)O)c1)C(=O)Nc1nc(-c2ccc(C)cc2)cs1. The molecule has 0 spiro atoms. The summed E-state index contributed by atoms with van der Waals surface area (Å²) in [5.74, 6) is -1.89. The number of carboxylic acids is 1. The maximum atomic E-state index is 12.9. The first-order chi connectivity index (χ1) is 15.8. The first-order valence-electron chi connectivity index (χ1n) is 10.2. The molecule has 3 aromatic rings. The molecule has 1 atom stereocenters. The lowest BCUT2D eigenvalue weighted by molar-refractivity contribution is -0.131. The van der Waals surface area contributed by atoms with Gasteiger partial charge in [0.05, 0.1) is 10.9 Å². The summed E-state index contributed by atoms with van der Waals surface area (Å²) in [5.41, 5.74) is 3.50.